The van der Waals surface area contributed by atoms with Gasteiger partial charge in [0.2, 0.25) is 0 Å². The molecule has 2 heterocycles. The largest absolute Gasteiger partial charge is 0.348 e. The molecule has 2 aromatic carbocycles. The number of nitrogens with two attached hydrogens (primary N) is 1. The minimum absolute atomic E-state index is 0.0182. The topological polar surface area (TPSA) is 90.0 Å². The molecule has 4 rings (SSSR count). The number of nitrogens with zero attached hydrogens (tertiary/aromatic N) is 2. The van der Waals surface area contributed by atoms with E-state index in [-0.39, 0.29) is 11.5 Å². The molecule has 3 N–H and O–H groups in total. The van der Waals surface area contributed by atoms with Gasteiger partial charge >= 0.3 is 0 Å². The average Bonchev–Trinajstić information content (AvgIpc) is 2.85. The van der Waals surface area contributed by atoms with Gasteiger partial charge in [0, 0.05) is 37.7 Å². The molecular weight excluding hydrogens is 412 g/mol. The number of carbonyl (C=O) groups is 1. The van der Waals surface area contributed by atoms with Crippen LogP contribution in [0.25, 0.3) is 0 Å². The second-order valence-corrected chi connectivity index (χ2v) is 7.95. The molecule has 0 saturated heterocycles. The minimum Gasteiger partial charge on any atom is -0.348 e. The number of pyridine rings is 2. The minimum atomic E-state index is -0.157. The summed E-state index contributed by atoms with van der Waals surface area (Å²) in [6.45, 7) is 1.48. The van der Waals surface area contributed by atoms with Crippen LogP contribution in [0.1, 0.15) is 38.2 Å². The Balaban J connectivity index is 1.36. The van der Waals surface area contributed by atoms with Crippen molar-refractivity contribution in [2.45, 2.75) is 26.1 Å². The number of aromatic nitrogens is 2. The summed E-state index contributed by atoms with van der Waals surface area (Å²) in [5.41, 5.74) is 11.3. The Morgan fingerprint density at radius 3 is 2.27 bits per heavy atom. The van der Waals surface area contributed by atoms with Gasteiger partial charge in [-0.25, -0.2) is 0 Å². The zero-order valence-electron chi connectivity index (χ0n) is 18.3. The van der Waals surface area contributed by atoms with Gasteiger partial charge in [-0.2, -0.15) is 0 Å². The molecule has 0 unspecified atom stereocenters. The molecule has 0 atom stereocenters. The summed E-state index contributed by atoms with van der Waals surface area (Å²) in [5.74, 6) is -0.157. The molecule has 6 nitrogen and oxygen atoms in total. The van der Waals surface area contributed by atoms with Gasteiger partial charge in [-0.3, -0.25) is 14.6 Å². The zero-order chi connectivity index (χ0) is 23.0. The van der Waals surface area contributed by atoms with Crippen LogP contribution in [-0.2, 0) is 26.1 Å². The first-order valence-corrected chi connectivity index (χ1v) is 10.8. The van der Waals surface area contributed by atoms with Gasteiger partial charge in [-0.05, 0) is 46.4 Å². The Bertz CT molecular complexity index is 1280. The molecule has 4 aromatic rings. The smallest absolute Gasteiger partial charge is 0.253 e. The van der Waals surface area contributed by atoms with Crippen LogP contribution in [0, 0.1) is 0 Å². The number of rotatable bonds is 8. The molecule has 0 saturated carbocycles. The van der Waals surface area contributed by atoms with Gasteiger partial charge in [0.1, 0.15) is 0 Å². The normalized spacial score (nSPS) is 10.7. The van der Waals surface area contributed by atoms with Gasteiger partial charge in [-0.1, -0.05) is 54.6 Å². The molecule has 6 heteroatoms. The summed E-state index contributed by atoms with van der Waals surface area (Å²) in [6, 6.07) is 23.0. The van der Waals surface area contributed by atoms with E-state index in [1.54, 1.807) is 35.3 Å². The number of amides is 1. The number of carbonyl (C=O) groups excluding carboxylic acids is 1. The van der Waals surface area contributed by atoms with E-state index in [4.69, 9.17) is 5.73 Å². The monoisotopic (exact) mass is 438 g/mol. The first-order chi connectivity index (χ1) is 16.1. The van der Waals surface area contributed by atoms with Gasteiger partial charge in [0.15, 0.2) is 0 Å². The summed E-state index contributed by atoms with van der Waals surface area (Å²) in [5, 5.41) is 2.94. The van der Waals surface area contributed by atoms with E-state index in [1.807, 2.05) is 60.7 Å². The Hall–Kier alpha value is -4.03. The molecule has 0 aliphatic heterocycles. The lowest BCUT2D eigenvalue weighted by atomic mass is 10.0. The molecule has 0 fully saturated rings. The van der Waals surface area contributed by atoms with E-state index in [2.05, 4.69) is 10.3 Å². The predicted molar refractivity (Wildman–Crippen MR) is 129 cm³/mol. The molecule has 0 spiro atoms. The van der Waals surface area contributed by atoms with Crippen molar-refractivity contribution >= 4 is 5.91 Å². The fourth-order valence-corrected chi connectivity index (χ4v) is 3.57. The lowest BCUT2D eigenvalue weighted by Gasteiger charge is -2.09. The van der Waals surface area contributed by atoms with Crippen LogP contribution in [-0.4, -0.2) is 15.5 Å². The third kappa shape index (κ3) is 6.02. The molecule has 0 bridgehead atoms. The van der Waals surface area contributed by atoms with Crippen molar-refractivity contribution in [3.63, 3.8) is 0 Å². The van der Waals surface area contributed by atoms with Crippen molar-refractivity contribution in [2.24, 2.45) is 5.73 Å². The Morgan fingerprint density at radius 1 is 0.848 bits per heavy atom. The van der Waals surface area contributed by atoms with Crippen molar-refractivity contribution in [3.05, 3.63) is 135 Å². The van der Waals surface area contributed by atoms with Crippen LogP contribution in [0.2, 0.25) is 0 Å². The maximum absolute atomic E-state index is 12.6. The van der Waals surface area contributed by atoms with E-state index >= 15 is 0 Å². The summed E-state index contributed by atoms with van der Waals surface area (Å²) in [4.78, 5) is 28.7. The maximum atomic E-state index is 12.6. The number of benzene rings is 2. The summed E-state index contributed by atoms with van der Waals surface area (Å²) in [7, 11) is 0. The van der Waals surface area contributed by atoms with Gasteiger partial charge in [-0.15, -0.1) is 0 Å². The number of hydrogen-bond donors (Lipinski definition) is 2. The fraction of sp³-hybridized carbons (Fsp3) is 0.148. The molecule has 33 heavy (non-hydrogen) atoms. The first-order valence-electron chi connectivity index (χ1n) is 10.8. The van der Waals surface area contributed by atoms with Crippen LogP contribution in [0.15, 0.2) is 96.2 Å². The molecule has 0 aliphatic rings. The summed E-state index contributed by atoms with van der Waals surface area (Å²) >= 11 is 0. The Labute approximate surface area is 192 Å². The summed E-state index contributed by atoms with van der Waals surface area (Å²) in [6.07, 6.45) is 5.81. The molecule has 0 radical (unpaired) electrons. The molecule has 1 amide bonds. The van der Waals surface area contributed by atoms with Crippen LogP contribution < -0.4 is 16.6 Å². The van der Waals surface area contributed by atoms with E-state index in [0.717, 1.165) is 27.8 Å². The van der Waals surface area contributed by atoms with Gasteiger partial charge < -0.3 is 15.6 Å². The Kier molecular flexibility index (Phi) is 7.07. The van der Waals surface area contributed by atoms with E-state index in [0.29, 0.717) is 31.6 Å². The van der Waals surface area contributed by atoms with Crippen molar-refractivity contribution in [3.8, 4) is 0 Å². The predicted octanol–water partition coefficient (Wildman–Crippen LogP) is 3.27. The van der Waals surface area contributed by atoms with Crippen LogP contribution in [0.5, 0.6) is 0 Å². The highest BCUT2D eigenvalue weighted by Gasteiger charge is 2.08. The third-order valence-electron chi connectivity index (χ3n) is 5.45. The van der Waals surface area contributed by atoms with Crippen molar-refractivity contribution in [2.75, 3.05) is 0 Å². The number of hydrogen-bond acceptors (Lipinski definition) is 4. The second-order valence-electron chi connectivity index (χ2n) is 7.95. The average molecular weight is 439 g/mol. The fourth-order valence-electron chi connectivity index (χ4n) is 3.57. The van der Waals surface area contributed by atoms with E-state index in [1.165, 1.54) is 0 Å². The Morgan fingerprint density at radius 2 is 1.55 bits per heavy atom. The zero-order valence-corrected chi connectivity index (χ0v) is 18.3. The van der Waals surface area contributed by atoms with Crippen LogP contribution in [0.3, 0.4) is 0 Å². The highest BCUT2D eigenvalue weighted by Crippen LogP contribution is 2.13. The third-order valence-corrected chi connectivity index (χ3v) is 5.45. The van der Waals surface area contributed by atoms with Crippen molar-refractivity contribution < 1.29 is 4.79 Å². The van der Waals surface area contributed by atoms with Gasteiger partial charge in [0.25, 0.3) is 11.5 Å². The lowest BCUT2D eigenvalue weighted by molar-refractivity contribution is 0.0950. The van der Waals surface area contributed by atoms with Crippen LogP contribution in [0.4, 0.5) is 0 Å². The lowest BCUT2D eigenvalue weighted by Crippen LogP contribution is -2.23. The molecule has 0 aliphatic carbocycles. The first kappa shape index (κ1) is 22.2. The highest BCUT2D eigenvalue weighted by atomic mass is 16.1. The molecule has 2 aromatic heterocycles. The van der Waals surface area contributed by atoms with E-state index in [9.17, 15) is 9.59 Å². The molecule has 166 valence electrons. The molecular formula is C27H26N4O2. The quantitative estimate of drug-likeness (QED) is 0.442. The van der Waals surface area contributed by atoms with Crippen molar-refractivity contribution in [1.29, 1.82) is 0 Å². The standard InChI is InChI=1S/C27H26N4O2/c28-15-21-6-8-22(9-7-21)17-30-27(33)25-14-24(16-29-18-25)13-20-4-10-23(11-5-20)19-31-12-2-1-3-26(31)32/h1-12,14,16,18H,13,15,17,19,28H2,(H,30,33). The van der Waals surface area contributed by atoms with Crippen molar-refractivity contribution in [1.82, 2.24) is 14.9 Å². The second kappa shape index (κ2) is 10.5. The maximum Gasteiger partial charge on any atom is 0.253 e. The van der Waals surface area contributed by atoms with Crippen LogP contribution >= 0.6 is 0 Å². The number of nitrogens with one attached hydrogen (secondary N) is 1. The van der Waals surface area contributed by atoms with E-state index < -0.39 is 0 Å². The van der Waals surface area contributed by atoms with Gasteiger partial charge in [0.05, 0.1) is 12.1 Å². The SMILES string of the molecule is NCc1ccc(CNC(=O)c2cncc(Cc3ccc(Cn4ccccc4=O)cc3)c2)cc1. The summed E-state index contributed by atoms with van der Waals surface area (Å²) < 4.78 is 1.67. The highest BCUT2D eigenvalue weighted by molar-refractivity contribution is 5.94.